The largest absolute Gasteiger partial charge is 0.455 e. The number of rotatable bonds is 7. The number of pyridine rings is 1. The maximum absolute atomic E-state index is 13.5. The molecule has 0 saturated carbocycles. The Morgan fingerprint density at radius 1 is 1.12 bits per heavy atom. The normalized spacial score (nSPS) is 12.8. The Bertz CT molecular complexity index is 1810. The van der Waals surface area contributed by atoms with Crippen LogP contribution in [0.2, 0.25) is 5.15 Å². The fourth-order valence-corrected chi connectivity index (χ4v) is 5.04. The summed E-state index contributed by atoms with van der Waals surface area (Å²) in [5.74, 6) is -0.563. The molecule has 0 aliphatic rings. The van der Waals surface area contributed by atoms with Crippen LogP contribution in [0.1, 0.15) is 59.6 Å². The van der Waals surface area contributed by atoms with Crippen molar-refractivity contribution < 1.29 is 22.7 Å². The maximum atomic E-state index is 13.5. The van der Waals surface area contributed by atoms with E-state index in [0.29, 0.717) is 39.0 Å². The minimum absolute atomic E-state index is 0.0114. The molecule has 3 N–H and O–H groups in total. The van der Waals surface area contributed by atoms with E-state index in [-0.39, 0.29) is 22.0 Å². The molecule has 2 heterocycles. The van der Waals surface area contributed by atoms with Crippen molar-refractivity contribution in [2.24, 2.45) is 0 Å². The first-order valence-corrected chi connectivity index (χ1v) is 14.7. The number of hydrogen-bond acceptors (Lipinski definition) is 8. The first kappa shape index (κ1) is 29.3. The van der Waals surface area contributed by atoms with Crippen LogP contribution in [-0.4, -0.2) is 30.7 Å². The summed E-state index contributed by atoms with van der Waals surface area (Å²) in [6, 6.07) is 13.3. The van der Waals surface area contributed by atoms with Gasteiger partial charge in [0, 0.05) is 16.7 Å². The topological polar surface area (TPSA) is 139 Å². The molecule has 0 aliphatic heterocycles. The van der Waals surface area contributed by atoms with E-state index in [1.165, 1.54) is 12.1 Å². The van der Waals surface area contributed by atoms with E-state index < -0.39 is 27.6 Å². The lowest BCUT2D eigenvalue weighted by atomic mass is 9.94. The van der Waals surface area contributed by atoms with Crippen molar-refractivity contribution in [3.63, 3.8) is 0 Å². The Kier molecular flexibility index (Phi) is 7.81. The molecule has 0 unspecified atom stereocenters. The van der Waals surface area contributed by atoms with Gasteiger partial charge in [0.05, 0.1) is 29.0 Å². The lowest BCUT2D eigenvalue weighted by molar-refractivity contribution is 0.0786. The Morgan fingerprint density at radius 2 is 1.82 bits per heavy atom. The second-order valence-electron chi connectivity index (χ2n) is 10.4. The summed E-state index contributed by atoms with van der Waals surface area (Å²) in [5.41, 5.74) is 2.31. The van der Waals surface area contributed by atoms with E-state index >= 15 is 0 Å². The zero-order chi connectivity index (χ0) is 29.6. The number of aromatic nitrogens is 1. The molecule has 0 fully saturated rings. The number of nitrogens with zero attached hydrogens (tertiary/aromatic N) is 1. The van der Waals surface area contributed by atoms with Gasteiger partial charge < -0.3 is 14.8 Å². The summed E-state index contributed by atoms with van der Waals surface area (Å²) in [6.45, 7) is 8.74. The molecule has 2 aromatic heterocycles. The standard InChI is InChI=1S/C29H30ClN3O6S/c1-15-12-20(17(3)31-22-10-11-23(30)32-24(22)28(35)33-40(6,37)38)27-21(13-15)25(34)16(2)26(39-27)18-8-7-9-19(14-18)29(4,5)36/h7-14,17,31,36H,1-6H3,(H,33,35)/t17-/m1/s1. The average molecular weight is 584 g/mol. The molecule has 40 heavy (non-hydrogen) atoms. The van der Waals surface area contributed by atoms with Crippen LogP contribution in [0.4, 0.5) is 5.69 Å². The van der Waals surface area contributed by atoms with Gasteiger partial charge in [-0.1, -0.05) is 35.9 Å². The molecule has 0 radical (unpaired) electrons. The summed E-state index contributed by atoms with van der Waals surface area (Å²) < 4.78 is 31.6. The Hall–Kier alpha value is -3.73. The lowest BCUT2D eigenvalue weighted by Gasteiger charge is -2.21. The van der Waals surface area contributed by atoms with Gasteiger partial charge in [0.15, 0.2) is 11.1 Å². The number of sulfonamides is 1. The van der Waals surface area contributed by atoms with Crippen LogP contribution in [0.5, 0.6) is 0 Å². The number of halogens is 1. The zero-order valence-corrected chi connectivity index (χ0v) is 24.5. The summed E-state index contributed by atoms with van der Waals surface area (Å²) in [6.07, 6.45) is 0.864. The van der Waals surface area contributed by atoms with Gasteiger partial charge in [-0.05, 0) is 70.0 Å². The van der Waals surface area contributed by atoms with Gasteiger partial charge in [0.25, 0.3) is 5.91 Å². The van der Waals surface area contributed by atoms with E-state index in [1.807, 2.05) is 30.7 Å². The Balaban J connectivity index is 1.85. The third-order valence-corrected chi connectivity index (χ3v) is 7.18. The number of carbonyl (C=O) groups is 1. The quantitative estimate of drug-likeness (QED) is 0.252. The van der Waals surface area contributed by atoms with Crippen molar-refractivity contribution in [1.82, 2.24) is 9.71 Å². The molecule has 1 atom stereocenters. The number of nitrogens with one attached hydrogen (secondary N) is 2. The minimum atomic E-state index is -3.84. The molecule has 0 bridgehead atoms. The van der Waals surface area contributed by atoms with Crippen molar-refractivity contribution in [2.45, 2.75) is 46.3 Å². The molecular weight excluding hydrogens is 554 g/mol. The SMILES string of the molecule is Cc1cc([C@@H](C)Nc2ccc(Cl)nc2C(=O)NS(C)(=O)=O)c2oc(-c3cccc(C(C)(C)O)c3)c(C)c(=O)c2c1. The Labute approximate surface area is 237 Å². The highest BCUT2D eigenvalue weighted by molar-refractivity contribution is 7.89. The Morgan fingerprint density at radius 3 is 2.48 bits per heavy atom. The molecule has 2 aromatic carbocycles. The highest BCUT2D eigenvalue weighted by atomic mass is 35.5. The van der Waals surface area contributed by atoms with Gasteiger partial charge in [-0.3, -0.25) is 9.59 Å². The van der Waals surface area contributed by atoms with Crippen LogP contribution in [0, 0.1) is 13.8 Å². The van der Waals surface area contributed by atoms with Crippen LogP contribution < -0.4 is 15.5 Å². The number of aliphatic hydroxyl groups is 1. The van der Waals surface area contributed by atoms with Gasteiger partial charge >= 0.3 is 0 Å². The van der Waals surface area contributed by atoms with Crippen molar-refractivity contribution in [3.05, 3.63) is 91.9 Å². The molecule has 9 nitrogen and oxygen atoms in total. The average Bonchev–Trinajstić information content (AvgIpc) is 2.85. The molecular formula is C29H30ClN3O6S. The monoisotopic (exact) mass is 583 g/mol. The van der Waals surface area contributed by atoms with Gasteiger partial charge in [-0.15, -0.1) is 0 Å². The number of amides is 1. The summed E-state index contributed by atoms with van der Waals surface area (Å²) >= 11 is 6.00. The second kappa shape index (κ2) is 10.7. The summed E-state index contributed by atoms with van der Waals surface area (Å²) in [5, 5.41) is 14.1. The molecule has 4 aromatic rings. The first-order valence-electron chi connectivity index (χ1n) is 12.4. The van der Waals surface area contributed by atoms with E-state index in [9.17, 15) is 23.1 Å². The van der Waals surface area contributed by atoms with Crippen LogP contribution in [-0.2, 0) is 15.6 Å². The third kappa shape index (κ3) is 6.19. The van der Waals surface area contributed by atoms with Crippen molar-refractivity contribution in [1.29, 1.82) is 0 Å². The second-order valence-corrected chi connectivity index (χ2v) is 12.5. The number of hydrogen-bond donors (Lipinski definition) is 3. The van der Waals surface area contributed by atoms with Crippen molar-refractivity contribution in [3.8, 4) is 11.3 Å². The smallest absolute Gasteiger partial charge is 0.285 e. The summed E-state index contributed by atoms with van der Waals surface area (Å²) in [7, 11) is -3.84. The van der Waals surface area contributed by atoms with Crippen molar-refractivity contribution >= 4 is 44.2 Å². The first-order chi connectivity index (χ1) is 18.5. The van der Waals surface area contributed by atoms with E-state index in [0.717, 1.165) is 11.8 Å². The van der Waals surface area contributed by atoms with Crippen LogP contribution in [0.15, 0.2) is 57.7 Å². The number of anilines is 1. The van der Waals surface area contributed by atoms with Gasteiger partial charge in [0.2, 0.25) is 10.0 Å². The highest BCUT2D eigenvalue weighted by Gasteiger charge is 2.23. The molecule has 11 heteroatoms. The fourth-order valence-electron chi connectivity index (χ4n) is 4.46. The summed E-state index contributed by atoms with van der Waals surface area (Å²) in [4.78, 5) is 30.2. The third-order valence-electron chi connectivity index (χ3n) is 6.42. The van der Waals surface area contributed by atoms with E-state index in [4.69, 9.17) is 16.0 Å². The number of carbonyl (C=O) groups excluding carboxylic acids is 1. The van der Waals surface area contributed by atoms with E-state index in [2.05, 4.69) is 10.3 Å². The predicted molar refractivity (Wildman–Crippen MR) is 156 cm³/mol. The molecule has 0 spiro atoms. The van der Waals surface area contributed by atoms with E-state index in [1.54, 1.807) is 45.0 Å². The number of benzene rings is 2. The van der Waals surface area contributed by atoms with Gasteiger partial charge in [-0.25, -0.2) is 18.1 Å². The van der Waals surface area contributed by atoms with Gasteiger partial charge in [0.1, 0.15) is 16.5 Å². The predicted octanol–water partition coefficient (Wildman–Crippen LogP) is 5.22. The van der Waals surface area contributed by atoms with Crippen molar-refractivity contribution in [2.75, 3.05) is 11.6 Å². The van der Waals surface area contributed by atoms with Crippen LogP contribution in [0.3, 0.4) is 0 Å². The minimum Gasteiger partial charge on any atom is -0.455 e. The fraction of sp³-hybridized carbons (Fsp3) is 0.276. The molecule has 210 valence electrons. The van der Waals surface area contributed by atoms with Gasteiger partial charge in [-0.2, -0.15) is 0 Å². The molecule has 1 amide bonds. The maximum Gasteiger partial charge on any atom is 0.285 e. The number of aryl methyl sites for hydroxylation is 1. The molecule has 4 rings (SSSR count). The molecule has 0 aliphatic carbocycles. The van der Waals surface area contributed by atoms with Crippen LogP contribution >= 0.6 is 11.6 Å². The van der Waals surface area contributed by atoms with Crippen LogP contribution in [0.25, 0.3) is 22.3 Å². The lowest BCUT2D eigenvalue weighted by Crippen LogP contribution is -2.31. The molecule has 0 saturated heterocycles. The zero-order valence-electron chi connectivity index (χ0n) is 22.9. The number of fused-ring (bicyclic) bond motifs is 1. The highest BCUT2D eigenvalue weighted by Crippen LogP contribution is 2.34.